The van der Waals surface area contributed by atoms with Crippen molar-refractivity contribution in [2.24, 2.45) is 0 Å². The number of rotatable bonds is 3. The van der Waals surface area contributed by atoms with Gasteiger partial charge in [-0.2, -0.15) is 0 Å². The number of benzene rings is 1. The Balaban J connectivity index is 2.24. The van der Waals surface area contributed by atoms with Crippen LogP contribution in [0.3, 0.4) is 0 Å². The largest absolute Gasteiger partial charge is 0.490 e. The minimum Gasteiger partial charge on any atom is -0.490 e. The van der Waals surface area contributed by atoms with Crippen molar-refractivity contribution in [1.29, 1.82) is 0 Å². The molecule has 2 rings (SSSR count). The smallest absolute Gasteiger partial charge is 0.133 e. The van der Waals surface area contributed by atoms with E-state index in [1.807, 2.05) is 0 Å². The lowest BCUT2D eigenvalue weighted by molar-refractivity contribution is 0.0240. The van der Waals surface area contributed by atoms with E-state index in [4.69, 9.17) is 9.47 Å². The second-order valence-electron chi connectivity index (χ2n) is 4.40. The Hall–Kier alpha value is -0.650. The molecule has 0 aromatic heterocycles. The predicted molar refractivity (Wildman–Crippen MR) is 69.2 cm³/mol. The molecule has 1 fully saturated rings. The van der Waals surface area contributed by atoms with Crippen LogP contribution in [0.1, 0.15) is 31.4 Å². The van der Waals surface area contributed by atoms with Crippen LogP contribution in [0.25, 0.3) is 0 Å². The first-order valence-electron chi connectivity index (χ1n) is 5.99. The van der Waals surface area contributed by atoms with Crippen molar-refractivity contribution < 1.29 is 19.0 Å². The molecule has 3 nitrogen and oxygen atoms in total. The van der Waals surface area contributed by atoms with E-state index in [0.717, 1.165) is 12.8 Å². The maximum Gasteiger partial charge on any atom is 0.133 e. The van der Waals surface area contributed by atoms with Crippen molar-refractivity contribution in [3.05, 3.63) is 28.0 Å². The van der Waals surface area contributed by atoms with Crippen molar-refractivity contribution in [3.8, 4) is 5.75 Å². The predicted octanol–water partition coefficient (Wildman–Crippen LogP) is 3.20. The fourth-order valence-electron chi connectivity index (χ4n) is 2.04. The first-order chi connectivity index (χ1) is 8.58. The molecule has 0 bridgehead atoms. The Labute approximate surface area is 114 Å². The fourth-order valence-corrected chi connectivity index (χ4v) is 2.45. The molecule has 0 saturated carbocycles. The van der Waals surface area contributed by atoms with E-state index in [-0.39, 0.29) is 11.7 Å². The highest BCUT2D eigenvalue weighted by Crippen LogP contribution is 2.33. The van der Waals surface area contributed by atoms with Crippen LogP contribution in [0.15, 0.2) is 16.6 Å². The average molecular weight is 319 g/mol. The third-order valence-corrected chi connectivity index (χ3v) is 3.39. The van der Waals surface area contributed by atoms with Gasteiger partial charge >= 0.3 is 0 Å². The summed E-state index contributed by atoms with van der Waals surface area (Å²) in [5.74, 6) is -0.0507. The molecule has 1 N–H and O–H groups in total. The molecule has 1 atom stereocenters. The van der Waals surface area contributed by atoms with Gasteiger partial charge in [0.15, 0.2) is 0 Å². The fraction of sp³-hybridized carbons (Fsp3) is 0.538. The second-order valence-corrected chi connectivity index (χ2v) is 5.32. The van der Waals surface area contributed by atoms with E-state index >= 15 is 0 Å². The molecular formula is C13H16BrFO3. The number of aliphatic hydroxyl groups excluding tert-OH is 1. The number of ether oxygens (including phenoxy) is 2. The van der Waals surface area contributed by atoms with E-state index in [1.165, 1.54) is 13.0 Å². The molecule has 1 aliphatic heterocycles. The van der Waals surface area contributed by atoms with Gasteiger partial charge in [0.2, 0.25) is 0 Å². The monoisotopic (exact) mass is 318 g/mol. The molecule has 1 saturated heterocycles. The van der Waals surface area contributed by atoms with E-state index in [2.05, 4.69) is 15.9 Å². The molecular weight excluding hydrogens is 303 g/mol. The summed E-state index contributed by atoms with van der Waals surface area (Å²) < 4.78 is 25.5. The zero-order chi connectivity index (χ0) is 13.1. The van der Waals surface area contributed by atoms with Crippen LogP contribution in [-0.4, -0.2) is 24.4 Å². The SMILES string of the molecule is CC(O)c1c(F)cc(Br)cc1OC1CCOCC1. The summed E-state index contributed by atoms with van der Waals surface area (Å²) in [6, 6.07) is 3.03. The number of hydrogen-bond acceptors (Lipinski definition) is 3. The summed E-state index contributed by atoms with van der Waals surface area (Å²) in [4.78, 5) is 0. The number of aliphatic hydroxyl groups is 1. The molecule has 0 aliphatic carbocycles. The van der Waals surface area contributed by atoms with Gasteiger partial charge in [-0.1, -0.05) is 15.9 Å². The second kappa shape index (κ2) is 5.99. The van der Waals surface area contributed by atoms with E-state index in [0.29, 0.717) is 23.4 Å². The molecule has 0 radical (unpaired) electrons. The Morgan fingerprint density at radius 2 is 2.11 bits per heavy atom. The maximum atomic E-state index is 13.8. The lowest BCUT2D eigenvalue weighted by atomic mass is 10.1. The third-order valence-electron chi connectivity index (χ3n) is 2.94. The number of hydrogen-bond donors (Lipinski definition) is 1. The summed E-state index contributed by atoms with van der Waals surface area (Å²) in [7, 11) is 0. The Morgan fingerprint density at radius 1 is 1.44 bits per heavy atom. The lowest BCUT2D eigenvalue weighted by Crippen LogP contribution is -2.26. The zero-order valence-electron chi connectivity index (χ0n) is 10.2. The molecule has 100 valence electrons. The van der Waals surface area contributed by atoms with Crippen LogP contribution in [0.2, 0.25) is 0 Å². The summed E-state index contributed by atoms with van der Waals surface area (Å²) in [6.45, 7) is 2.85. The quantitative estimate of drug-likeness (QED) is 0.930. The topological polar surface area (TPSA) is 38.7 Å². The standard InChI is InChI=1S/C13H16BrFO3/c1-8(16)13-11(15)6-9(14)7-12(13)18-10-2-4-17-5-3-10/h6-8,10,16H,2-5H2,1H3. The van der Waals surface area contributed by atoms with Crippen molar-refractivity contribution in [3.63, 3.8) is 0 Å². The van der Waals surface area contributed by atoms with Crippen LogP contribution in [0.4, 0.5) is 4.39 Å². The van der Waals surface area contributed by atoms with Gasteiger partial charge in [0.25, 0.3) is 0 Å². The summed E-state index contributed by atoms with van der Waals surface area (Å²) in [5.41, 5.74) is 0.213. The van der Waals surface area contributed by atoms with Gasteiger partial charge in [0.05, 0.1) is 24.9 Å². The van der Waals surface area contributed by atoms with Crippen LogP contribution in [-0.2, 0) is 4.74 Å². The minimum absolute atomic E-state index is 0.0185. The lowest BCUT2D eigenvalue weighted by Gasteiger charge is -2.25. The van der Waals surface area contributed by atoms with Crippen molar-refractivity contribution in [2.75, 3.05) is 13.2 Å². The minimum atomic E-state index is -0.895. The Morgan fingerprint density at radius 3 is 2.72 bits per heavy atom. The third kappa shape index (κ3) is 3.22. The van der Waals surface area contributed by atoms with Gasteiger partial charge in [-0.3, -0.25) is 0 Å². The van der Waals surface area contributed by atoms with Gasteiger partial charge in [-0.05, 0) is 19.1 Å². The highest BCUT2D eigenvalue weighted by atomic mass is 79.9. The van der Waals surface area contributed by atoms with E-state index < -0.39 is 11.9 Å². The van der Waals surface area contributed by atoms with Crippen LogP contribution >= 0.6 is 15.9 Å². The molecule has 0 spiro atoms. The zero-order valence-corrected chi connectivity index (χ0v) is 11.7. The molecule has 5 heteroatoms. The van der Waals surface area contributed by atoms with E-state index in [1.54, 1.807) is 6.07 Å². The van der Waals surface area contributed by atoms with Crippen molar-refractivity contribution in [1.82, 2.24) is 0 Å². The van der Waals surface area contributed by atoms with Crippen LogP contribution in [0.5, 0.6) is 5.75 Å². The number of halogens is 2. The highest BCUT2D eigenvalue weighted by Gasteiger charge is 2.21. The van der Waals surface area contributed by atoms with Gasteiger partial charge in [-0.25, -0.2) is 4.39 Å². The van der Waals surface area contributed by atoms with Gasteiger partial charge in [-0.15, -0.1) is 0 Å². The molecule has 0 amide bonds. The Bertz CT molecular complexity index is 417. The summed E-state index contributed by atoms with van der Waals surface area (Å²) >= 11 is 3.23. The molecule has 1 aromatic rings. The van der Waals surface area contributed by atoms with Gasteiger partial charge in [0, 0.05) is 17.3 Å². The maximum absolute atomic E-state index is 13.8. The van der Waals surface area contributed by atoms with E-state index in [9.17, 15) is 9.50 Å². The molecule has 1 aliphatic rings. The van der Waals surface area contributed by atoms with Crippen molar-refractivity contribution in [2.45, 2.75) is 32.0 Å². The molecule has 1 heterocycles. The van der Waals surface area contributed by atoms with Gasteiger partial charge in [0.1, 0.15) is 17.7 Å². The van der Waals surface area contributed by atoms with Crippen LogP contribution < -0.4 is 4.74 Å². The Kier molecular flexibility index (Phi) is 4.59. The average Bonchev–Trinajstić information content (AvgIpc) is 2.28. The van der Waals surface area contributed by atoms with Crippen LogP contribution in [0, 0.1) is 5.82 Å². The normalized spacial score (nSPS) is 18.7. The molecule has 1 unspecified atom stereocenters. The highest BCUT2D eigenvalue weighted by molar-refractivity contribution is 9.10. The molecule has 1 aromatic carbocycles. The first kappa shape index (κ1) is 13.8. The summed E-state index contributed by atoms with van der Waals surface area (Å²) in [6.07, 6.45) is 0.693. The molecule has 18 heavy (non-hydrogen) atoms. The first-order valence-corrected chi connectivity index (χ1v) is 6.78. The van der Waals surface area contributed by atoms with Crippen molar-refractivity contribution >= 4 is 15.9 Å². The van der Waals surface area contributed by atoms with Gasteiger partial charge < -0.3 is 14.6 Å². The summed E-state index contributed by atoms with van der Waals surface area (Å²) in [5, 5.41) is 9.65.